The number of carbonyl (C=O) groups is 1. The van der Waals surface area contributed by atoms with E-state index >= 15 is 0 Å². The Morgan fingerprint density at radius 3 is 2.30 bits per heavy atom. The smallest absolute Gasteiger partial charge is 0.261 e. The number of hydrogen-bond donors (Lipinski definition) is 1. The van der Waals surface area contributed by atoms with Crippen LogP contribution in [0.1, 0.15) is 20.3 Å². The van der Waals surface area contributed by atoms with Crippen LogP contribution >= 0.6 is 0 Å². The highest BCUT2D eigenvalue weighted by molar-refractivity contribution is 5.81. The van der Waals surface area contributed by atoms with Gasteiger partial charge in [0.05, 0.1) is 13.7 Å². The first-order valence-corrected chi connectivity index (χ1v) is 6.70. The van der Waals surface area contributed by atoms with Crippen molar-refractivity contribution < 1.29 is 19.0 Å². The highest BCUT2D eigenvalue weighted by atomic mass is 16.5. The summed E-state index contributed by atoms with van der Waals surface area (Å²) in [6, 6.07) is 7.13. The van der Waals surface area contributed by atoms with Crippen molar-refractivity contribution in [1.82, 2.24) is 5.32 Å². The Morgan fingerprint density at radius 1 is 1.20 bits per heavy atom. The van der Waals surface area contributed by atoms with Crippen LogP contribution in [0.4, 0.5) is 0 Å². The fourth-order valence-electron chi connectivity index (χ4n) is 1.77. The molecule has 0 saturated carbocycles. The molecule has 1 aromatic rings. The average molecular weight is 281 g/mol. The van der Waals surface area contributed by atoms with Crippen LogP contribution < -0.4 is 14.8 Å². The van der Waals surface area contributed by atoms with E-state index < -0.39 is 6.10 Å². The number of carbonyl (C=O) groups excluding carboxylic acids is 1. The first-order valence-electron chi connectivity index (χ1n) is 6.70. The third kappa shape index (κ3) is 5.09. The van der Waals surface area contributed by atoms with Crippen LogP contribution in [0.15, 0.2) is 24.3 Å². The van der Waals surface area contributed by atoms with Crippen molar-refractivity contribution in [3.8, 4) is 11.5 Å². The van der Waals surface area contributed by atoms with Crippen LogP contribution in [0.25, 0.3) is 0 Å². The van der Waals surface area contributed by atoms with Crippen molar-refractivity contribution in [3.63, 3.8) is 0 Å². The number of methoxy groups -OCH3 is 2. The van der Waals surface area contributed by atoms with Gasteiger partial charge in [0, 0.05) is 13.2 Å². The van der Waals surface area contributed by atoms with E-state index in [-0.39, 0.29) is 11.9 Å². The Morgan fingerprint density at radius 2 is 1.80 bits per heavy atom. The molecule has 0 aromatic heterocycles. The van der Waals surface area contributed by atoms with Crippen LogP contribution in [0.2, 0.25) is 0 Å². The van der Waals surface area contributed by atoms with Crippen molar-refractivity contribution in [2.45, 2.75) is 32.4 Å². The first kappa shape index (κ1) is 16.3. The zero-order chi connectivity index (χ0) is 15.0. The number of amides is 1. The quantitative estimate of drug-likeness (QED) is 0.792. The van der Waals surface area contributed by atoms with E-state index in [9.17, 15) is 4.79 Å². The summed E-state index contributed by atoms with van der Waals surface area (Å²) in [7, 11) is 3.21. The van der Waals surface area contributed by atoms with E-state index in [1.165, 1.54) is 0 Å². The normalized spacial score (nSPS) is 13.4. The molecule has 1 aromatic carbocycles. The number of benzene rings is 1. The summed E-state index contributed by atoms with van der Waals surface area (Å²) in [5, 5.41) is 2.86. The molecule has 1 amide bonds. The first-order chi connectivity index (χ1) is 9.60. The molecule has 2 atom stereocenters. The predicted octanol–water partition coefficient (Wildman–Crippen LogP) is 2.00. The largest absolute Gasteiger partial charge is 0.497 e. The van der Waals surface area contributed by atoms with E-state index in [0.717, 1.165) is 5.75 Å². The molecule has 112 valence electrons. The summed E-state index contributed by atoms with van der Waals surface area (Å²) in [6.45, 7) is 4.28. The molecular weight excluding hydrogens is 258 g/mol. The monoisotopic (exact) mass is 281 g/mol. The summed E-state index contributed by atoms with van der Waals surface area (Å²) in [5.74, 6) is 1.27. The van der Waals surface area contributed by atoms with Crippen LogP contribution in [0.5, 0.6) is 11.5 Å². The lowest BCUT2D eigenvalue weighted by molar-refractivity contribution is -0.129. The maximum absolute atomic E-state index is 12.1. The highest BCUT2D eigenvalue weighted by Crippen LogP contribution is 2.19. The molecule has 0 aliphatic rings. The molecule has 0 aliphatic heterocycles. The van der Waals surface area contributed by atoms with Gasteiger partial charge in [-0.25, -0.2) is 0 Å². The molecule has 0 saturated heterocycles. The Balaban J connectivity index is 2.58. The Hall–Kier alpha value is -1.75. The minimum Gasteiger partial charge on any atom is -0.497 e. The topological polar surface area (TPSA) is 56.8 Å². The van der Waals surface area contributed by atoms with Gasteiger partial charge in [-0.15, -0.1) is 0 Å². The van der Waals surface area contributed by atoms with Crippen molar-refractivity contribution >= 4 is 5.91 Å². The summed E-state index contributed by atoms with van der Waals surface area (Å²) in [5.41, 5.74) is 0. The maximum atomic E-state index is 12.1. The average Bonchev–Trinajstić information content (AvgIpc) is 2.45. The molecule has 0 spiro atoms. The second-order valence-corrected chi connectivity index (χ2v) is 4.56. The zero-order valence-electron chi connectivity index (χ0n) is 12.5. The molecule has 0 fully saturated rings. The fourth-order valence-corrected chi connectivity index (χ4v) is 1.77. The van der Waals surface area contributed by atoms with Gasteiger partial charge in [0.25, 0.3) is 5.91 Å². The lowest BCUT2D eigenvalue weighted by atomic mass is 10.2. The van der Waals surface area contributed by atoms with Gasteiger partial charge in [-0.1, -0.05) is 6.92 Å². The predicted molar refractivity (Wildman–Crippen MR) is 77.2 cm³/mol. The second kappa shape index (κ2) is 8.43. The van der Waals surface area contributed by atoms with Gasteiger partial charge in [-0.3, -0.25) is 4.79 Å². The standard InChI is InChI=1S/C15H23NO4/c1-5-14(15(17)16-11(2)10-18-3)20-13-8-6-12(19-4)7-9-13/h6-9,11,14H,5,10H2,1-4H3,(H,16,17)/t11-,14+/m1/s1. The third-order valence-corrected chi connectivity index (χ3v) is 2.81. The summed E-state index contributed by atoms with van der Waals surface area (Å²) >= 11 is 0. The zero-order valence-corrected chi connectivity index (χ0v) is 12.5. The van der Waals surface area contributed by atoms with Crippen LogP contribution in [-0.2, 0) is 9.53 Å². The Kier molecular flexibility index (Phi) is 6.87. The molecule has 5 heteroatoms. The SMILES string of the molecule is CC[C@H](Oc1ccc(OC)cc1)C(=O)N[C@H](C)COC. The van der Waals surface area contributed by atoms with Gasteiger partial charge in [-0.2, -0.15) is 0 Å². The Labute approximate surface area is 120 Å². The fraction of sp³-hybridized carbons (Fsp3) is 0.533. The second-order valence-electron chi connectivity index (χ2n) is 4.56. The van der Waals surface area contributed by atoms with E-state index in [1.807, 2.05) is 13.8 Å². The molecule has 0 bridgehead atoms. The molecule has 5 nitrogen and oxygen atoms in total. The molecule has 0 unspecified atom stereocenters. The maximum Gasteiger partial charge on any atom is 0.261 e. The molecule has 1 N–H and O–H groups in total. The van der Waals surface area contributed by atoms with Gasteiger partial charge in [0.1, 0.15) is 11.5 Å². The van der Waals surface area contributed by atoms with E-state index in [4.69, 9.17) is 14.2 Å². The van der Waals surface area contributed by atoms with Crippen LogP contribution in [0.3, 0.4) is 0 Å². The van der Waals surface area contributed by atoms with Gasteiger partial charge < -0.3 is 19.5 Å². The number of ether oxygens (including phenoxy) is 3. The molecule has 0 heterocycles. The van der Waals surface area contributed by atoms with Gasteiger partial charge in [0.2, 0.25) is 0 Å². The lowest BCUT2D eigenvalue weighted by Gasteiger charge is -2.20. The van der Waals surface area contributed by atoms with Crippen molar-refractivity contribution in [1.29, 1.82) is 0 Å². The lowest BCUT2D eigenvalue weighted by Crippen LogP contribution is -2.44. The van der Waals surface area contributed by atoms with Gasteiger partial charge >= 0.3 is 0 Å². The van der Waals surface area contributed by atoms with Crippen molar-refractivity contribution in [2.24, 2.45) is 0 Å². The summed E-state index contributed by atoms with van der Waals surface area (Å²) < 4.78 is 15.8. The highest BCUT2D eigenvalue weighted by Gasteiger charge is 2.19. The van der Waals surface area contributed by atoms with Crippen LogP contribution in [-0.4, -0.2) is 38.9 Å². The van der Waals surface area contributed by atoms with Crippen LogP contribution in [0, 0.1) is 0 Å². The molecule has 0 radical (unpaired) electrons. The minimum atomic E-state index is -0.511. The molecule has 0 aliphatic carbocycles. The molecular formula is C15H23NO4. The molecule has 1 rings (SSSR count). The summed E-state index contributed by atoms with van der Waals surface area (Å²) in [4.78, 5) is 12.1. The van der Waals surface area contributed by atoms with E-state index in [1.54, 1.807) is 38.5 Å². The van der Waals surface area contributed by atoms with Gasteiger partial charge in [0.15, 0.2) is 6.10 Å². The number of rotatable bonds is 8. The Bertz CT molecular complexity index is 405. The summed E-state index contributed by atoms with van der Waals surface area (Å²) in [6.07, 6.45) is 0.0834. The number of hydrogen-bond acceptors (Lipinski definition) is 4. The van der Waals surface area contributed by atoms with E-state index in [2.05, 4.69) is 5.32 Å². The van der Waals surface area contributed by atoms with E-state index in [0.29, 0.717) is 18.8 Å². The van der Waals surface area contributed by atoms with Crippen molar-refractivity contribution in [2.75, 3.05) is 20.8 Å². The van der Waals surface area contributed by atoms with Gasteiger partial charge in [-0.05, 0) is 37.6 Å². The molecule has 20 heavy (non-hydrogen) atoms. The van der Waals surface area contributed by atoms with Crippen molar-refractivity contribution in [3.05, 3.63) is 24.3 Å². The third-order valence-electron chi connectivity index (χ3n) is 2.81. The minimum absolute atomic E-state index is 0.0407. The number of nitrogens with one attached hydrogen (secondary N) is 1.